The first-order chi connectivity index (χ1) is 7.24. The van der Waals surface area contributed by atoms with E-state index in [1.165, 1.54) is 0 Å². The zero-order valence-corrected chi connectivity index (χ0v) is 8.73. The molecule has 0 saturated heterocycles. The molecular formula is C11H15NO3. The van der Waals surface area contributed by atoms with Gasteiger partial charge in [-0.05, 0) is 19.1 Å². The van der Waals surface area contributed by atoms with Gasteiger partial charge in [-0.2, -0.15) is 0 Å². The fourth-order valence-electron chi connectivity index (χ4n) is 1.09. The van der Waals surface area contributed by atoms with Crippen LogP contribution in [0.1, 0.15) is 13.3 Å². The Morgan fingerprint density at radius 3 is 2.80 bits per heavy atom. The van der Waals surface area contributed by atoms with Gasteiger partial charge in [0.2, 0.25) is 0 Å². The molecule has 0 amide bonds. The van der Waals surface area contributed by atoms with Gasteiger partial charge in [0.25, 0.3) is 0 Å². The number of carbonyl (C=O) groups excluding carboxylic acids is 1. The van der Waals surface area contributed by atoms with Gasteiger partial charge in [0.05, 0.1) is 25.3 Å². The van der Waals surface area contributed by atoms with Gasteiger partial charge in [0, 0.05) is 0 Å². The lowest BCUT2D eigenvalue weighted by molar-refractivity contribution is -0.143. The van der Waals surface area contributed by atoms with Crippen molar-refractivity contribution >= 4 is 11.7 Å². The second-order valence-corrected chi connectivity index (χ2v) is 2.94. The zero-order chi connectivity index (χ0) is 11.1. The number of nitrogen functional groups attached to an aromatic ring is 1. The van der Waals surface area contributed by atoms with Crippen LogP contribution in [0.15, 0.2) is 24.3 Å². The number of hydrogen-bond acceptors (Lipinski definition) is 4. The molecule has 0 atom stereocenters. The van der Waals surface area contributed by atoms with Crippen LogP contribution in [-0.2, 0) is 9.53 Å². The van der Waals surface area contributed by atoms with Crippen LogP contribution < -0.4 is 10.5 Å². The van der Waals surface area contributed by atoms with E-state index in [2.05, 4.69) is 0 Å². The fraction of sp³-hybridized carbons (Fsp3) is 0.364. The molecule has 4 nitrogen and oxygen atoms in total. The molecule has 0 radical (unpaired) electrons. The molecule has 15 heavy (non-hydrogen) atoms. The lowest BCUT2D eigenvalue weighted by atomic mass is 10.3. The molecule has 0 aromatic heterocycles. The molecule has 4 heteroatoms. The summed E-state index contributed by atoms with van der Waals surface area (Å²) in [4.78, 5) is 11.0. The van der Waals surface area contributed by atoms with Crippen LogP contribution in [0.4, 0.5) is 5.69 Å². The van der Waals surface area contributed by atoms with Crippen molar-refractivity contribution in [3.8, 4) is 5.75 Å². The van der Waals surface area contributed by atoms with Gasteiger partial charge in [-0.1, -0.05) is 12.1 Å². The third-order valence-electron chi connectivity index (χ3n) is 1.79. The third kappa shape index (κ3) is 3.89. The van der Waals surface area contributed by atoms with Crippen molar-refractivity contribution < 1.29 is 14.3 Å². The third-order valence-corrected chi connectivity index (χ3v) is 1.79. The van der Waals surface area contributed by atoms with E-state index in [0.717, 1.165) is 0 Å². The van der Waals surface area contributed by atoms with Gasteiger partial charge >= 0.3 is 5.97 Å². The predicted molar refractivity (Wildman–Crippen MR) is 57.6 cm³/mol. The van der Waals surface area contributed by atoms with Crippen molar-refractivity contribution in [2.45, 2.75) is 13.3 Å². The minimum atomic E-state index is -0.257. The highest BCUT2D eigenvalue weighted by Gasteiger charge is 2.03. The van der Waals surface area contributed by atoms with E-state index < -0.39 is 0 Å². The van der Waals surface area contributed by atoms with E-state index in [1.54, 1.807) is 19.1 Å². The Morgan fingerprint density at radius 2 is 2.13 bits per heavy atom. The Hall–Kier alpha value is -1.71. The van der Waals surface area contributed by atoms with Gasteiger partial charge in [-0.3, -0.25) is 4.79 Å². The van der Waals surface area contributed by atoms with Crippen LogP contribution >= 0.6 is 0 Å². The summed E-state index contributed by atoms with van der Waals surface area (Å²) in [6, 6.07) is 7.17. The molecular weight excluding hydrogens is 194 g/mol. The zero-order valence-electron chi connectivity index (χ0n) is 8.73. The standard InChI is InChI=1S/C11H15NO3/c1-2-14-11(13)7-8-15-10-6-4-3-5-9(10)12/h3-6H,2,7-8,12H2,1H3. The Morgan fingerprint density at radius 1 is 1.40 bits per heavy atom. The number of benzene rings is 1. The number of ether oxygens (including phenoxy) is 2. The molecule has 1 aromatic rings. The van der Waals surface area contributed by atoms with Gasteiger partial charge in [-0.15, -0.1) is 0 Å². The Bertz CT molecular complexity index is 325. The number of nitrogens with two attached hydrogens (primary N) is 1. The average Bonchev–Trinajstić information content (AvgIpc) is 2.21. The Kier molecular flexibility index (Phi) is 4.47. The highest BCUT2D eigenvalue weighted by Crippen LogP contribution is 2.19. The van der Waals surface area contributed by atoms with Crippen molar-refractivity contribution in [3.63, 3.8) is 0 Å². The lowest BCUT2D eigenvalue weighted by Crippen LogP contribution is -2.10. The smallest absolute Gasteiger partial charge is 0.309 e. The van der Waals surface area contributed by atoms with Crippen LogP contribution in [0.3, 0.4) is 0 Å². The number of hydrogen-bond donors (Lipinski definition) is 1. The summed E-state index contributed by atoms with van der Waals surface area (Å²) in [6.07, 6.45) is 0.238. The Balaban J connectivity index is 2.32. The minimum absolute atomic E-state index is 0.238. The van der Waals surface area contributed by atoms with Crippen LogP contribution in [-0.4, -0.2) is 19.2 Å². The van der Waals surface area contributed by atoms with Crippen LogP contribution in [0, 0.1) is 0 Å². The molecule has 82 valence electrons. The van der Waals surface area contributed by atoms with E-state index >= 15 is 0 Å². The normalized spacial score (nSPS) is 9.67. The summed E-state index contributed by atoms with van der Waals surface area (Å²) in [5, 5.41) is 0. The molecule has 0 aliphatic rings. The summed E-state index contributed by atoms with van der Waals surface area (Å²) in [7, 11) is 0. The first-order valence-electron chi connectivity index (χ1n) is 4.87. The largest absolute Gasteiger partial charge is 0.491 e. The molecule has 1 aromatic carbocycles. The van der Waals surface area contributed by atoms with Crippen LogP contribution in [0.2, 0.25) is 0 Å². The molecule has 0 spiro atoms. The number of esters is 1. The molecule has 0 heterocycles. The van der Waals surface area contributed by atoms with Crippen LogP contribution in [0.25, 0.3) is 0 Å². The SMILES string of the molecule is CCOC(=O)CCOc1ccccc1N. The van der Waals surface area contributed by atoms with Gasteiger partial charge < -0.3 is 15.2 Å². The summed E-state index contributed by atoms with van der Waals surface area (Å²) < 4.78 is 10.1. The topological polar surface area (TPSA) is 61.5 Å². The average molecular weight is 209 g/mol. The second-order valence-electron chi connectivity index (χ2n) is 2.94. The van der Waals surface area contributed by atoms with Crippen molar-refractivity contribution in [2.75, 3.05) is 18.9 Å². The first kappa shape index (κ1) is 11.4. The summed E-state index contributed by atoms with van der Waals surface area (Å²) in [5.41, 5.74) is 6.23. The molecule has 0 saturated carbocycles. The van der Waals surface area contributed by atoms with E-state index in [0.29, 0.717) is 18.0 Å². The molecule has 0 bridgehead atoms. The molecule has 1 rings (SSSR count). The van der Waals surface area contributed by atoms with Crippen molar-refractivity contribution in [1.29, 1.82) is 0 Å². The second kappa shape index (κ2) is 5.90. The molecule has 0 unspecified atom stereocenters. The van der Waals surface area contributed by atoms with Gasteiger partial charge in [0.1, 0.15) is 5.75 Å². The highest BCUT2D eigenvalue weighted by atomic mass is 16.5. The first-order valence-corrected chi connectivity index (χ1v) is 4.87. The molecule has 2 N–H and O–H groups in total. The predicted octanol–water partition coefficient (Wildman–Crippen LogP) is 1.60. The maximum absolute atomic E-state index is 11.0. The molecule has 0 aliphatic heterocycles. The minimum Gasteiger partial charge on any atom is -0.491 e. The highest BCUT2D eigenvalue weighted by molar-refractivity contribution is 5.69. The van der Waals surface area contributed by atoms with Crippen molar-refractivity contribution in [1.82, 2.24) is 0 Å². The molecule has 0 aliphatic carbocycles. The maximum atomic E-state index is 11.0. The number of para-hydroxylation sites is 2. The van der Waals surface area contributed by atoms with Crippen molar-refractivity contribution in [2.24, 2.45) is 0 Å². The van der Waals surface area contributed by atoms with Crippen molar-refractivity contribution in [3.05, 3.63) is 24.3 Å². The van der Waals surface area contributed by atoms with E-state index in [-0.39, 0.29) is 19.0 Å². The number of carbonyl (C=O) groups is 1. The number of anilines is 1. The van der Waals surface area contributed by atoms with E-state index in [4.69, 9.17) is 15.2 Å². The Labute approximate surface area is 89.0 Å². The monoisotopic (exact) mass is 209 g/mol. The number of rotatable bonds is 5. The fourth-order valence-corrected chi connectivity index (χ4v) is 1.09. The van der Waals surface area contributed by atoms with Crippen LogP contribution in [0.5, 0.6) is 5.75 Å². The van der Waals surface area contributed by atoms with Gasteiger partial charge in [-0.25, -0.2) is 0 Å². The summed E-state index contributed by atoms with van der Waals surface area (Å²) in [6.45, 7) is 2.45. The lowest BCUT2D eigenvalue weighted by Gasteiger charge is -2.07. The summed E-state index contributed by atoms with van der Waals surface area (Å²) in [5.74, 6) is 0.341. The van der Waals surface area contributed by atoms with E-state index in [9.17, 15) is 4.79 Å². The summed E-state index contributed by atoms with van der Waals surface area (Å²) >= 11 is 0. The quantitative estimate of drug-likeness (QED) is 0.591. The van der Waals surface area contributed by atoms with Gasteiger partial charge in [0.15, 0.2) is 0 Å². The van der Waals surface area contributed by atoms with E-state index in [1.807, 2.05) is 12.1 Å². The molecule has 0 fully saturated rings. The maximum Gasteiger partial charge on any atom is 0.309 e.